The lowest BCUT2D eigenvalue weighted by Gasteiger charge is -2.29. The lowest BCUT2D eigenvalue weighted by atomic mass is 9.92. The molecular weight excluding hydrogens is 324 g/mol. The first kappa shape index (κ1) is 17.8. The summed E-state index contributed by atoms with van der Waals surface area (Å²) in [7, 11) is 0. The molecule has 0 aliphatic heterocycles. The van der Waals surface area contributed by atoms with Crippen molar-refractivity contribution >= 4 is 5.82 Å². The third-order valence-electron chi connectivity index (χ3n) is 4.63. The SMILES string of the molecule is CCCc1cnc(-n2nc(C)cc2C)nc1NC1CCC(F)(F)CC1. The van der Waals surface area contributed by atoms with E-state index in [1.807, 2.05) is 26.1 Å². The Morgan fingerprint density at radius 3 is 2.60 bits per heavy atom. The van der Waals surface area contributed by atoms with Crippen LogP contribution in [0.15, 0.2) is 12.3 Å². The van der Waals surface area contributed by atoms with Crippen LogP contribution in [0.25, 0.3) is 5.95 Å². The molecule has 136 valence electrons. The van der Waals surface area contributed by atoms with Gasteiger partial charge in [-0.2, -0.15) is 10.1 Å². The molecule has 2 heterocycles. The molecule has 0 atom stereocenters. The number of alkyl halides is 2. The van der Waals surface area contributed by atoms with Gasteiger partial charge in [-0.1, -0.05) is 13.3 Å². The van der Waals surface area contributed by atoms with Crippen LogP contribution >= 0.6 is 0 Å². The van der Waals surface area contributed by atoms with Crippen molar-refractivity contribution in [1.82, 2.24) is 19.7 Å². The van der Waals surface area contributed by atoms with Gasteiger partial charge in [-0.05, 0) is 39.2 Å². The maximum absolute atomic E-state index is 13.4. The molecule has 0 saturated heterocycles. The van der Waals surface area contributed by atoms with Crippen molar-refractivity contribution in [2.24, 2.45) is 0 Å². The average Bonchev–Trinajstić information content (AvgIpc) is 2.90. The van der Waals surface area contributed by atoms with E-state index in [1.165, 1.54) is 0 Å². The Bertz CT molecular complexity index is 731. The Kier molecular flexibility index (Phi) is 5.01. The standard InChI is InChI=1S/C18H25F2N5/c1-4-5-14-11-21-17(25-13(3)10-12(2)24-25)23-16(14)22-15-6-8-18(19,20)9-7-15/h10-11,15H,4-9H2,1-3H3,(H,21,22,23). The second-order valence-corrected chi connectivity index (χ2v) is 6.91. The summed E-state index contributed by atoms with van der Waals surface area (Å²) in [4.78, 5) is 9.10. The molecule has 1 fully saturated rings. The molecule has 1 aliphatic carbocycles. The van der Waals surface area contributed by atoms with Crippen molar-refractivity contribution in [2.75, 3.05) is 5.32 Å². The van der Waals surface area contributed by atoms with Gasteiger partial charge in [0.05, 0.1) is 5.69 Å². The molecule has 3 rings (SSSR count). The first-order valence-electron chi connectivity index (χ1n) is 8.92. The summed E-state index contributed by atoms with van der Waals surface area (Å²) in [6, 6.07) is 2.00. The van der Waals surface area contributed by atoms with E-state index in [9.17, 15) is 8.78 Å². The number of aromatic nitrogens is 4. The van der Waals surface area contributed by atoms with E-state index in [1.54, 1.807) is 4.68 Å². The minimum Gasteiger partial charge on any atom is -0.367 e. The Balaban J connectivity index is 1.85. The first-order valence-corrected chi connectivity index (χ1v) is 8.92. The molecule has 0 unspecified atom stereocenters. The summed E-state index contributed by atoms with van der Waals surface area (Å²) in [5.41, 5.74) is 2.89. The van der Waals surface area contributed by atoms with Crippen LogP contribution in [-0.2, 0) is 6.42 Å². The lowest BCUT2D eigenvalue weighted by Crippen LogP contribution is -2.32. The Hall–Kier alpha value is -2.05. The maximum atomic E-state index is 13.4. The van der Waals surface area contributed by atoms with Crippen LogP contribution in [0.2, 0.25) is 0 Å². The molecule has 25 heavy (non-hydrogen) atoms. The highest BCUT2D eigenvalue weighted by Crippen LogP contribution is 2.34. The summed E-state index contributed by atoms with van der Waals surface area (Å²) in [5, 5.41) is 7.81. The van der Waals surface area contributed by atoms with Gasteiger partial charge in [0.2, 0.25) is 5.92 Å². The molecule has 0 bridgehead atoms. The number of aryl methyl sites for hydroxylation is 3. The highest BCUT2D eigenvalue weighted by atomic mass is 19.3. The quantitative estimate of drug-likeness (QED) is 0.878. The van der Waals surface area contributed by atoms with Gasteiger partial charge < -0.3 is 5.32 Å². The number of nitrogens with one attached hydrogen (secondary N) is 1. The molecule has 0 radical (unpaired) electrons. The Morgan fingerprint density at radius 1 is 1.28 bits per heavy atom. The van der Waals surface area contributed by atoms with Crippen molar-refractivity contribution in [3.05, 3.63) is 29.2 Å². The van der Waals surface area contributed by atoms with Gasteiger partial charge >= 0.3 is 0 Å². The van der Waals surface area contributed by atoms with Crippen LogP contribution in [0.5, 0.6) is 0 Å². The smallest absolute Gasteiger partial charge is 0.252 e. The summed E-state index contributed by atoms with van der Waals surface area (Å²) >= 11 is 0. The third-order valence-corrected chi connectivity index (χ3v) is 4.63. The Labute approximate surface area is 146 Å². The predicted molar refractivity (Wildman–Crippen MR) is 93.4 cm³/mol. The molecule has 2 aromatic heterocycles. The molecule has 7 heteroatoms. The van der Waals surface area contributed by atoms with Crippen molar-refractivity contribution < 1.29 is 8.78 Å². The van der Waals surface area contributed by atoms with Gasteiger partial charge in [0, 0.05) is 36.3 Å². The van der Waals surface area contributed by atoms with Crippen LogP contribution in [0.3, 0.4) is 0 Å². The zero-order chi connectivity index (χ0) is 18.0. The van der Waals surface area contributed by atoms with Crippen LogP contribution in [-0.4, -0.2) is 31.7 Å². The van der Waals surface area contributed by atoms with Crippen molar-refractivity contribution in [2.45, 2.75) is 71.3 Å². The number of anilines is 1. The fourth-order valence-corrected chi connectivity index (χ4v) is 3.29. The number of halogens is 2. The molecule has 2 aromatic rings. The highest BCUT2D eigenvalue weighted by molar-refractivity contribution is 5.46. The molecule has 1 N–H and O–H groups in total. The second kappa shape index (κ2) is 7.06. The van der Waals surface area contributed by atoms with Gasteiger partial charge in [0.1, 0.15) is 5.82 Å². The lowest BCUT2D eigenvalue weighted by molar-refractivity contribution is -0.0361. The molecule has 1 aliphatic rings. The van der Waals surface area contributed by atoms with Crippen molar-refractivity contribution in [3.8, 4) is 5.95 Å². The molecule has 5 nitrogen and oxygen atoms in total. The van der Waals surface area contributed by atoms with Gasteiger partial charge in [0.25, 0.3) is 5.95 Å². The van der Waals surface area contributed by atoms with Gasteiger partial charge in [0.15, 0.2) is 0 Å². The maximum Gasteiger partial charge on any atom is 0.252 e. The van der Waals surface area contributed by atoms with Crippen molar-refractivity contribution in [1.29, 1.82) is 0 Å². The van der Waals surface area contributed by atoms with E-state index in [0.29, 0.717) is 18.8 Å². The fraction of sp³-hybridized carbons (Fsp3) is 0.611. The fourth-order valence-electron chi connectivity index (χ4n) is 3.29. The summed E-state index contributed by atoms with van der Waals surface area (Å²) in [6.07, 6.45) is 4.42. The minimum atomic E-state index is -2.52. The second-order valence-electron chi connectivity index (χ2n) is 6.91. The molecule has 0 aromatic carbocycles. The van der Waals surface area contributed by atoms with Gasteiger partial charge in [-0.3, -0.25) is 0 Å². The van der Waals surface area contributed by atoms with Crippen LogP contribution in [0, 0.1) is 13.8 Å². The van der Waals surface area contributed by atoms with E-state index in [-0.39, 0.29) is 18.9 Å². The topological polar surface area (TPSA) is 55.6 Å². The van der Waals surface area contributed by atoms with Crippen molar-refractivity contribution in [3.63, 3.8) is 0 Å². The first-order chi connectivity index (χ1) is 11.9. The zero-order valence-electron chi connectivity index (χ0n) is 15.0. The molecule has 0 spiro atoms. The number of hydrogen-bond acceptors (Lipinski definition) is 4. The number of rotatable bonds is 5. The summed E-state index contributed by atoms with van der Waals surface area (Å²) < 4.78 is 28.5. The van der Waals surface area contributed by atoms with Gasteiger partial charge in [-0.15, -0.1) is 0 Å². The number of nitrogens with zero attached hydrogens (tertiary/aromatic N) is 4. The van der Waals surface area contributed by atoms with Crippen LogP contribution in [0.1, 0.15) is 56.0 Å². The van der Waals surface area contributed by atoms with E-state index in [2.05, 4.69) is 27.3 Å². The van der Waals surface area contributed by atoms with Crippen LogP contribution in [0.4, 0.5) is 14.6 Å². The minimum absolute atomic E-state index is 0.0263. The summed E-state index contributed by atoms with van der Waals surface area (Å²) in [6.45, 7) is 5.98. The third kappa shape index (κ3) is 4.14. The highest BCUT2D eigenvalue weighted by Gasteiger charge is 2.35. The molecule has 0 amide bonds. The average molecular weight is 349 g/mol. The largest absolute Gasteiger partial charge is 0.367 e. The Morgan fingerprint density at radius 2 is 2.00 bits per heavy atom. The van der Waals surface area contributed by atoms with E-state index in [0.717, 1.165) is 35.6 Å². The number of hydrogen-bond donors (Lipinski definition) is 1. The monoisotopic (exact) mass is 349 g/mol. The molecular formula is C18H25F2N5. The van der Waals surface area contributed by atoms with E-state index < -0.39 is 5.92 Å². The van der Waals surface area contributed by atoms with E-state index >= 15 is 0 Å². The van der Waals surface area contributed by atoms with Gasteiger partial charge in [-0.25, -0.2) is 18.4 Å². The predicted octanol–water partition coefficient (Wildman–Crippen LogP) is 4.22. The normalized spacial score (nSPS) is 17.6. The summed E-state index contributed by atoms with van der Waals surface area (Å²) in [5.74, 6) is -1.27. The van der Waals surface area contributed by atoms with Crippen LogP contribution < -0.4 is 5.32 Å². The van der Waals surface area contributed by atoms with E-state index in [4.69, 9.17) is 0 Å². The molecule has 1 saturated carbocycles. The zero-order valence-corrected chi connectivity index (χ0v) is 15.0.